The number of hydrogen-bond acceptors (Lipinski definition) is 4. The van der Waals surface area contributed by atoms with Gasteiger partial charge in [-0.3, -0.25) is 0 Å². The van der Waals surface area contributed by atoms with Crippen LogP contribution in [0.1, 0.15) is 157 Å². The molecule has 0 aromatic heterocycles. The predicted octanol–water partition coefficient (Wildman–Crippen LogP) is 9.02. The van der Waals surface area contributed by atoms with E-state index in [0.717, 1.165) is 17.8 Å². The number of hydrogen-bond donors (Lipinski definition) is 0. The standard InChI is InChI=1S/3C10H21.H3O4P.3Zn/c3*1-4-5-6-7-8-9-10(2)3;1-5(2,3)4;;;/h3*10H,1,4-9H2,2-3H3;(H3,1,2,3,4);;;/q;;;;3*+1/p-3. The quantitative estimate of drug-likeness (QED) is 0.0675. The normalized spacial score (nSPS) is 11.1. The zero-order valence-corrected chi connectivity index (χ0v) is 36.6. The van der Waals surface area contributed by atoms with Crippen LogP contribution in [0, 0.1) is 17.8 Å². The molecule has 0 aliphatic carbocycles. The van der Waals surface area contributed by atoms with Crippen molar-refractivity contribution < 1.29 is 74.2 Å². The molecule has 0 fully saturated rings. The van der Waals surface area contributed by atoms with E-state index in [0.29, 0.717) is 0 Å². The SMILES string of the molecule is CC(C)CCCCCC[CH2][Zn+].CC(C)CCCCCC[CH2][Zn+].CC(C)CCCCCC[CH2][Zn+].O=P([O-])([O-])[O-]. The smallest absolute Gasteiger partial charge is 0.159 e. The van der Waals surface area contributed by atoms with Crippen LogP contribution in [-0.2, 0) is 59.5 Å². The molecule has 8 heteroatoms. The molecule has 38 heavy (non-hydrogen) atoms. The van der Waals surface area contributed by atoms with Crippen LogP contribution in [0.3, 0.4) is 0 Å². The van der Waals surface area contributed by atoms with Gasteiger partial charge in [0.05, 0.1) is 0 Å². The zero-order valence-electron chi connectivity index (χ0n) is 26.8. The van der Waals surface area contributed by atoms with Gasteiger partial charge in [-0.2, -0.15) is 7.82 Å². The number of phosphoric acid groups is 1. The van der Waals surface area contributed by atoms with Crippen LogP contribution < -0.4 is 14.7 Å². The van der Waals surface area contributed by atoms with Gasteiger partial charge in [0.15, 0.2) is 0 Å². The van der Waals surface area contributed by atoms with Gasteiger partial charge in [-0.1, -0.05) is 0 Å². The summed E-state index contributed by atoms with van der Waals surface area (Å²) in [5.41, 5.74) is 0. The summed E-state index contributed by atoms with van der Waals surface area (Å²) in [5, 5.41) is 4.47. The van der Waals surface area contributed by atoms with Crippen molar-refractivity contribution >= 4 is 7.82 Å². The summed E-state index contributed by atoms with van der Waals surface area (Å²) in [6.45, 7) is 13.9. The Morgan fingerprint density at radius 3 is 0.737 bits per heavy atom. The summed E-state index contributed by atoms with van der Waals surface area (Å²) in [4.78, 5) is 25.6. The minimum absolute atomic E-state index is 0.910. The molecule has 0 atom stereocenters. The maximum absolute atomic E-state index is 8.55. The van der Waals surface area contributed by atoms with Gasteiger partial charge < -0.3 is 19.2 Å². The molecule has 0 spiro atoms. The van der Waals surface area contributed by atoms with Crippen LogP contribution in [0.2, 0.25) is 15.0 Å². The Kier molecular flexibility index (Phi) is 48.1. The zero-order chi connectivity index (χ0) is 30.1. The van der Waals surface area contributed by atoms with Gasteiger partial charge in [-0.05, 0) is 0 Å². The van der Waals surface area contributed by atoms with E-state index in [1.165, 1.54) is 186 Å². The van der Waals surface area contributed by atoms with E-state index in [-0.39, 0.29) is 0 Å². The number of unbranched alkanes of at least 4 members (excludes halogenated alkanes) is 12. The second-order valence-corrected chi connectivity index (χ2v) is 17.2. The van der Waals surface area contributed by atoms with Crippen LogP contribution >= 0.6 is 7.82 Å². The minimum atomic E-state index is -5.39. The summed E-state index contributed by atoms with van der Waals surface area (Å²) >= 11 is 4.48. The third-order valence-electron chi connectivity index (χ3n) is 6.09. The Morgan fingerprint density at radius 2 is 0.579 bits per heavy atom. The minimum Gasteiger partial charge on any atom is -0.822 e. The topological polar surface area (TPSA) is 86.2 Å². The van der Waals surface area contributed by atoms with E-state index < -0.39 is 7.82 Å². The monoisotopic (exact) mass is 710 g/mol. The first-order valence-corrected chi connectivity index (χ1v) is 23.7. The van der Waals surface area contributed by atoms with E-state index in [1.54, 1.807) is 0 Å². The van der Waals surface area contributed by atoms with Gasteiger partial charge >= 0.3 is 245 Å². The molecule has 0 aliphatic rings. The van der Waals surface area contributed by atoms with Crippen molar-refractivity contribution in [1.29, 1.82) is 0 Å². The molecule has 0 amide bonds. The maximum atomic E-state index is 8.55. The molecule has 218 valence electrons. The summed E-state index contributed by atoms with van der Waals surface area (Å²) in [6.07, 6.45) is 26.4. The fraction of sp³-hybridized carbons (Fsp3) is 1.00. The Bertz CT molecular complexity index is 391. The van der Waals surface area contributed by atoms with E-state index in [9.17, 15) is 0 Å². The van der Waals surface area contributed by atoms with Crippen molar-refractivity contribution in [2.75, 3.05) is 0 Å². The van der Waals surface area contributed by atoms with Gasteiger partial charge in [0, 0.05) is 0 Å². The van der Waals surface area contributed by atoms with Crippen LogP contribution in [0.15, 0.2) is 0 Å². The fourth-order valence-corrected chi connectivity index (χ4v) is 6.00. The van der Waals surface area contributed by atoms with E-state index >= 15 is 0 Å². The second-order valence-electron chi connectivity index (χ2n) is 11.9. The first-order chi connectivity index (χ1) is 17.8. The molecule has 0 unspecified atom stereocenters. The van der Waals surface area contributed by atoms with Crippen molar-refractivity contribution in [3.63, 3.8) is 0 Å². The Hall–Kier alpha value is 1.98. The van der Waals surface area contributed by atoms with E-state index in [1.807, 2.05) is 0 Å². The molecule has 0 bridgehead atoms. The van der Waals surface area contributed by atoms with Crippen LogP contribution in [0.25, 0.3) is 0 Å². The fourth-order valence-electron chi connectivity index (χ4n) is 3.78. The van der Waals surface area contributed by atoms with E-state index in [4.69, 9.17) is 19.2 Å². The summed E-state index contributed by atoms with van der Waals surface area (Å²) < 4.78 is 8.55. The molecule has 0 aromatic rings. The van der Waals surface area contributed by atoms with Crippen molar-refractivity contribution in [3.05, 3.63) is 0 Å². The maximum Gasteiger partial charge on any atom is -0.159 e. The van der Waals surface area contributed by atoms with Crippen molar-refractivity contribution in [3.8, 4) is 0 Å². The van der Waals surface area contributed by atoms with Gasteiger partial charge in [0.2, 0.25) is 0 Å². The van der Waals surface area contributed by atoms with Gasteiger partial charge in [0.1, 0.15) is 0 Å². The molecule has 0 heterocycles. The molecule has 4 nitrogen and oxygen atoms in total. The molecule has 0 N–H and O–H groups in total. The van der Waals surface area contributed by atoms with Crippen LogP contribution in [0.4, 0.5) is 0 Å². The molecule has 0 saturated heterocycles. The van der Waals surface area contributed by atoms with E-state index in [2.05, 4.69) is 41.5 Å². The Morgan fingerprint density at radius 1 is 0.421 bits per heavy atom. The third-order valence-corrected chi connectivity index (χ3v) is 9.24. The average molecular weight is 715 g/mol. The summed E-state index contributed by atoms with van der Waals surface area (Å²) in [5.74, 6) is 2.73. The van der Waals surface area contributed by atoms with Gasteiger partial charge in [-0.25, -0.2) is 0 Å². The van der Waals surface area contributed by atoms with Crippen LogP contribution in [-0.4, -0.2) is 0 Å². The number of rotatable bonds is 21. The van der Waals surface area contributed by atoms with Crippen molar-refractivity contribution in [2.45, 2.75) is 172 Å². The molecular weight excluding hydrogens is 651 g/mol. The molecule has 0 aromatic carbocycles. The summed E-state index contributed by atoms with van der Waals surface area (Å²) in [7, 11) is -5.39. The Balaban J connectivity index is -0.000000209. The van der Waals surface area contributed by atoms with Gasteiger partial charge in [0.25, 0.3) is 0 Å². The summed E-state index contributed by atoms with van der Waals surface area (Å²) in [6, 6.07) is 0. The van der Waals surface area contributed by atoms with Crippen molar-refractivity contribution in [2.24, 2.45) is 17.8 Å². The average Bonchev–Trinajstić information content (AvgIpc) is 2.80. The first-order valence-electron chi connectivity index (χ1n) is 15.9. The predicted molar refractivity (Wildman–Crippen MR) is 150 cm³/mol. The third kappa shape index (κ3) is 77.0. The first kappa shape index (κ1) is 46.9. The van der Waals surface area contributed by atoms with Gasteiger partial charge in [-0.15, -0.1) is 0 Å². The second kappa shape index (κ2) is 39.0. The molecular formula is C30H63O4PZn3. The Labute approximate surface area is 270 Å². The largest absolute Gasteiger partial charge is 0.822 e. The van der Waals surface area contributed by atoms with Crippen LogP contribution in [0.5, 0.6) is 0 Å². The molecule has 0 radical (unpaired) electrons. The molecule has 0 aliphatic heterocycles. The molecule has 0 rings (SSSR count). The van der Waals surface area contributed by atoms with Crippen molar-refractivity contribution in [1.82, 2.24) is 0 Å². The molecule has 0 saturated carbocycles.